The first-order valence-corrected chi connectivity index (χ1v) is 11.5. The highest BCUT2D eigenvalue weighted by Crippen LogP contribution is 2.19. The van der Waals surface area contributed by atoms with Gasteiger partial charge in [0.05, 0.1) is 13.7 Å². The first-order chi connectivity index (χ1) is 15.3. The lowest BCUT2D eigenvalue weighted by molar-refractivity contribution is 0.0288. The summed E-state index contributed by atoms with van der Waals surface area (Å²) in [5.41, 5.74) is 0.637. The normalized spacial score (nSPS) is 16.7. The number of nitrogens with one attached hydrogen (secondary N) is 2. The van der Waals surface area contributed by atoms with Crippen molar-refractivity contribution < 1.29 is 19.0 Å². The molecule has 8 nitrogen and oxygen atoms in total. The highest BCUT2D eigenvalue weighted by atomic mass is 16.6. The van der Waals surface area contributed by atoms with Gasteiger partial charge in [0.25, 0.3) is 0 Å². The number of amides is 1. The topological polar surface area (TPSA) is 84.4 Å². The minimum absolute atomic E-state index is 0.234. The zero-order valence-electron chi connectivity index (χ0n) is 20.3. The highest BCUT2D eigenvalue weighted by molar-refractivity contribution is 5.79. The predicted molar refractivity (Wildman–Crippen MR) is 127 cm³/mol. The monoisotopic (exact) mass is 448 g/mol. The predicted octanol–water partition coefficient (Wildman–Crippen LogP) is 3.41. The average Bonchev–Trinajstić information content (AvgIpc) is 3.23. The van der Waals surface area contributed by atoms with Crippen LogP contribution in [0.25, 0.3) is 0 Å². The Morgan fingerprint density at radius 3 is 2.62 bits per heavy atom. The quantitative estimate of drug-likeness (QED) is 0.324. The van der Waals surface area contributed by atoms with E-state index in [2.05, 4.69) is 10.6 Å². The Balaban J connectivity index is 1.87. The van der Waals surface area contributed by atoms with Crippen LogP contribution in [0.4, 0.5) is 4.79 Å². The summed E-state index contributed by atoms with van der Waals surface area (Å²) in [4.78, 5) is 18.8. The maximum Gasteiger partial charge on any atom is 0.410 e. The largest absolute Gasteiger partial charge is 0.497 e. The van der Waals surface area contributed by atoms with E-state index in [1.165, 1.54) is 0 Å². The molecule has 1 aliphatic rings. The van der Waals surface area contributed by atoms with E-state index >= 15 is 0 Å². The molecule has 1 aromatic rings. The molecule has 1 amide bonds. The maximum atomic E-state index is 12.3. The second kappa shape index (κ2) is 13.2. The maximum absolute atomic E-state index is 12.3. The smallest absolute Gasteiger partial charge is 0.410 e. The Kier molecular flexibility index (Phi) is 10.6. The molecule has 1 saturated heterocycles. The van der Waals surface area contributed by atoms with Gasteiger partial charge in [-0.1, -0.05) is 12.1 Å². The molecule has 2 N–H and O–H groups in total. The standard InChI is InChI=1S/C24H40N4O4/c1-6-31-15-7-13-25-22(26-16-19-8-10-21(30-5)11-9-19)27-17-20-12-14-28(18-20)23(29)32-24(2,3)4/h8-11,20H,6-7,12-18H2,1-5H3,(H2,25,26,27). The second-order valence-electron chi connectivity index (χ2n) is 8.95. The van der Waals surface area contributed by atoms with E-state index in [4.69, 9.17) is 19.2 Å². The number of benzene rings is 1. The van der Waals surface area contributed by atoms with Crippen molar-refractivity contribution in [1.29, 1.82) is 0 Å². The fourth-order valence-corrected chi connectivity index (χ4v) is 3.33. The van der Waals surface area contributed by atoms with Crippen molar-refractivity contribution in [2.45, 2.75) is 52.7 Å². The van der Waals surface area contributed by atoms with Gasteiger partial charge in [-0.25, -0.2) is 9.79 Å². The number of hydrogen-bond acceptors (Lipinski definition) is 5. The molecule has 0 aromatic heterocycles. The number of guanidine groups is 1. The fourth-order valence-electron chi connectivity index (χ4n) is 3.33. The van der Waals surface area contributed by atoms with Crippen molar-refractivity contribution in [2.75, 3.05) is 46.5 Å². The van der Waals surface area contributed by atoms with Crippen LogP contribution in [-0.2, 0) is 16.0 Å². The molecule has 0 saturated carbocycles. The zero-order valence-corrected chi connectivity index (χ0v) is 20.3. The summed E-state index contributed by atoms with van der Waals surface area (Å²) >= 11 is 0. The van der Waals surface area contributed by atoms with Crippen LogP contribution >= 0.6 is 0 Å². The van der Waals surface area contributed by atoms with Gasteiger partial charge in [-0.3, -0.25) is 0 Å². The molecule has 180 valence electrons. The molecule has 0 spiro atoms. The highest BCUT2D eigenvalue weighted by Gasteiger charge is 2.29. The van der Waals surface area contributed by atoms with Crippen molar-refractivity contribution >= 4 is 12.1 Å². The Morgan fingerprint density at radius 2 is 1.97 bits per heavy atom. The van der Waals surface area contributed by atoms with E-state index in [0.717, 1.165) is 63.0 Å². The summed E-state index contributed by atoms with van der Waals surface area (Å²) in [5, 5.41) is 6.84. The molecular formula is C24H40N4O4. The molecule has 1 unspecified atom stereocenters. The number of carbonyl (C=O) groups is 1. The van der Waals surface area contributed by atoms with Crippen LogP contribution in [0.1, 0.15) is 46.1 Å². The Labute approximate surface area is 192 Å². The number of carbonyl (C=O) groups excluding carboxylic acids is 1. The summed E-state index contributed by atoms with van der Waals surface area (Å²) < 4.78 is 16.1. The minimum atomic E-state index is -0.472. The number of nitrogens with zero attached hydrogens (tertiary/aromatic N) is 2. The molecular weight excluding hydrogens is 408 g/mol. The number of aliphatic imine (C=N–C) groups is 1. The molecule has 1 atom stereocenters. The Morgan fingerprint density at radius 1 is 1.22 bits per heavy atom. The Bertz CT molecular complexity index is 716. The third-order valence-electron chi connectivity index (χ3n) is 5.04. The lowest BCUT2D eigenvalue weighted by Gasteiger charge is -2.24. The molecule has 1 heterocycles. The van der Waals surface area contributed by atoms with Crippen LogP contribution in [0.5, 0.6) is 5.75 Å². The van der Waals surface area contributed by atoms with Gasteiger partial charge in [0, 0.05) is 39.4 Å². The summed E-state index contributed by atoms with van der Waals surface area (Å²) in [7, 11) is 1.66. The summed E-state index contributed by atoms with van der Waals surface area (Å²) in [6.07, 6.45) is 1.62. The van der Waals surface area contributed by atoms with Gasteiger partial charge >= 0.3 is 6.09 Å². The molecule has 0 bridgehead atoms. The second-order valence-corrected chi connectivity index (χ2v) is 8.95. The van der Waals surface area contributed by atoms with E-state index in [1.807, 2.05) is 52.0 Å². The average molecular weight is 449 g/mol. The van der Waals surface area contributed by atoms with Gasteiger partial charge in [-0.05, 0) is 64.2 Å². The van der Waals surface area contributed by atoms with Crippen LogP contribution < -0.4 is 15.4 Å². The van der Waals surface area contributed by atoms with Crippen LogP contribution in [0, 0.1) is 5.92 Å². The molecule has 1 aromatic carbocycles. The van der Waals surface area contributed by atoms with Gasteiger partial charge in [-0.15, -0.1) is 0 Å². The Hall–Kier alpha value is -2.48. The van der Waals surface area contributed by atoms with Crippen LogP contribution in [0.2, 0.25) is 0 Å². The molecule has 1 aliphatic heterocycles. The van der Waals surface area contributed by atoms with Crippen LogP contribution in [0.15, 0.2) is 29.3 Å². The van der Waals surface area contributed by atoms with Gasteiger partial charge in [-0.2, -0.15) is 0 Å². The van der Waals surface area contributed by atoms with E-state index < -0.39 is 5.60 Å². The van der Waals surface area contributed by atoms with Crippen molar-refractivity contribution in [3.63, 3.8) is 0 Å². The first kappa shape index (κ1) is 25.8. The molecule has 1 fully saturated rings. The fraction of sp³-hybridized carbons (Fsp3) is 0.667. The van der Waals surface area contributed by atoms with E-state index in [0.29, 0.717) is 19.0 Å². The molecule has 0 aliphatic carbocycles. The summed E-state index contributed by atoms with van der Waals surface area (Å²) in [6, 6.07) is 7.92. The van der Waals surface area contributed by atoms with Gasteiger partial charge in [0.2, 0.25) is 0 Å². The molecule has 32 heavy (non-hydrogen) atoms. The lowest BCUT2D eigenvalue weighted by Crippen LogP contribution is -2.41. The number of ether oxygens (including phenoxy) is 3. The van der Waals surface area contributed by atoms with Crippen molar-refractivity contribution in [1.82, 2.24) is 15.5 Å². The number of likely N-dealkylation sites (tertiary alicyclic amines) is 1. The third-order valence-corrected chi connectivity index (χ3v) is 5.04. The van der Waals surface area contributed by atoms with E-state index in [9.17, 15) is 4.79 Å². The lowest BCUT2D eigenvalue weighted by atomic mass is 10.1. The van der Waals surface area contributed by atoms with Crippen molar-refractivity contribution in [3.05, 3.63) is 29.8 Å². The van der Waals surface area contributed by atoms with E-state index in [-0.39, 0.29) is 6.09 Å². The third kappa shape index (κ3) is 9.77. The summed E-state index contributed by atoms with van der Waals surface area (Å²) in [5.74, 6) is 1.97. The van der Waals surface area contributed by atoms with Gasteiger partial charge < -0.3 is 29.7 Å². The molecule has 2 rings (SSSR count). The SMILES string of the molecule is CCOCCCNC(=NCc1ccc(OC)cc1)NCC1CCN(C(=O)OC(C)(C)C)C1. The van der Waals surface area contributed by atoms with Gasteiger partial charge in [0.1, 0.15) is 11.4 Å². The first-order valence-electron chi connectivity index (χ1n) is 11.5. The minimum Gasteiger partial charge on any atom is -0.497 e. The number of rotatable bonds is 10. The van der Waals surface area contributed by atoms with Gasteiger partial charge in [0.15, 0.2) is 5.96 Å². The van der Waals surface area contributed by atoms with Crippen LogP contribution in [0.3, 0.4) is 0 Å². The van der Waals surface area contributed by atoms with Crippen LogP contribution in [-0.4, -0.2) is 69.1 Å². The van der Waals surface area contributed by atoms with Crippen molar-refractivity contribution in [2.24, 2.45) is 10.9 Å². The number of methoxy groups -OCH3 is 1. The number of hydrogen-bond donors (Lipinski definition) is 2. The molecule has 8 heteroatoms. The molecule has 0 radical (unpaired) electrons. The summed E-state index contributed by atoms with van der Waals surface area (Å²) in [6.45, 7) is 12.6. The van der Waals surface area contributed by atoms with Crippen molar-refractivity contribution in [3.8, 4) is 5.75 Å². The zero-order chi connectivity index (χ0) is 23.4. The van der Waals surface area contributed by atoms with E-state index in [1.54, 1.807) is 12.0 Å².